The highest BCUT2D eigenvalue weighted by Gasteiger charge is 2.24. The van der Waals surface area contributed by atoms with Gasteiger partial charge in [0, 0.05) is 30.6 Å². The van der Waals surface area contributed by atoms with Crippen LogP contribution in [0.1, 0.15) is 48.0 Å². The van der Waals surface area contributed by atoms with Gasteiger partial charge in [0.25, 0.3) is 5.91 Å². The van der Waals surface area contributed by atoms with Gasteiger partial charge in [-0.05, 0) is 31.0 Å². The average molecular weight is 306 g/mol. The first-order chi connectivity index (χ1) is 10.1. The van der Waals surface area contributed by atoms with E-state index in [0.29, 0.717) is 28.6 Å². The topological polar surface area (TPSA) is 40.5 Å². The predicted octanol–water partition coefficient (Wildman–Crippen LogP) is 3.09. The quantitative estimate of drug-likeness (QED) is 0.872. The van der Waals surface area contributed by atoms with Crippen molar-refractivity contribution >= 4 is 17.5 Å². The third kappa shape index (κ3) is 4.00. The number of carbonyl (C=O) groups excluding carboxylic acids is 1. The Hall–Kier alpha value is -1.50. The third-order valence-electron chi connectivity index (χ3n) is 3.87. The molecule has 0 saturated heterocycles. The van der Waals surface area contributed by atoms with Gasteiger partial charge in [0.15, 0.2) is 0 Å². The van der Waals surface area contributed by atoms with Crippen molar-refractivity contribution in [2.24, 2.45) is 0 Å². The van der Waals surface area contributed by atoms with E-state index in [-0.39, 0.29) is 12.5 Å². The number of hydrogen-bond acceptors (Lipinski definition) is 2. The van der Waals surface area contributed by atoms with E-state index >= 15 is 0 Å². The van der Waals surface area contributed by atoms with Crippen LogP contribution in [0.4, 0.5) is 0 Å². The first-order valence-corrected chi connectivity index (χ1v) is 7.67. The van der Waals surface area contributed by atoms with E-state index in [1.54, 1.807) is 18.2 Å². The van der Waals surface area contributed by atoms with Gasteiger partial charge in [-0.25, -0.2) is 0 Å². The van der Waals surface area contributed by atoms with Crippen LogP contribution in [0.2, 0.25) is 5.02 Å². The van der Waals surface area contributed by atoms with E-state index in [0.717, 1.165) is 12.8 Å². The molecule has 0 atom stereocenters. The molecule has 2 rings (SSSR count). The Morgan fingerprint density at radius 1 is 1.43 bits per heavy atom. The van der Waals surface area contributed by atoms with Crippen LogP contribution in [0.25, 0.3) is 0 Å². The molecule has 1 saturated carbocycles. The number of amides is 1. The van der Waals surface area contributed by atoms with Crippen molar-refractivity contribution in [1.82, 2.24) is 4.90 Å². The van der Waals surface area contributed by atoms with Crippen molar-refractivity contribution in [3.8, 4) is 11.8 Å². The van der Waals surface area contributed by atoms with E-state index in [9.17, 15) is 4.79 Å². The van der Waals surface area contributed by atoms with Crippen LogP contribution >= 0.6 is 11.6 Å². The fourth-order valence-corrected chi connectivity index (χ4v) is 2.85. The van der Waals surface area contributed by atoms with E-state index in [2.05, 4.69) is 11.8 Å². The molecule has 0 bridgehead atoms. The standard InChI is InChI=1S/C17H20ClNO2/c1-19(15-7-2-3-8-15)17(21)14-10-9-13(16(18)12-14)6-4-5-11-20/h9-10,12,15,20H,2-3,5,7-8,11H2,1H3. The summed E-state index contributed by atoms with van der Waals surface area (Å²) >= 11 is 6.18. The van der Waals surface area contributed by atoms with Gasteiger partial charge in [-0.15, -0.1) is 0 Å². The SMILES string of the molecule is CN(C(=O)c1ccc(C#CCCO)c(Cl)c1)C1CCCC1. The van der Waals surface area contributed by atoms with Gasteiger partial charge in [-0.2, -0.15) is 0 Å². The highest BCUT2D eigenvalue weighted by atomic mass is 35.5. The van der Waals surface area contributed by atoms with Crippen LogP contribution in [0, 0.1) is 11.8 Å². The molecule has 0 radical (unpaired) electrons. The van der Waals surface area contributed by atoms with Gasteiger partial charge < -0.3 is 10.0 Å². The van der Waals surface area contributed by atoms with Crippen LogP contribution in [0.5, 0.6) is 0 Å². The summed E-state index contributed by atoms with van der Waals surface area (Å²) in [5.74, 6) is 5.74. The largest absolute Gasteiger partial charge is 0.395 e. The van der Waals surface area contributed by atoms with E-state index in [1.807, 2.05) is 11.9 Å². The summed E-state index contributed by atoms with van der Waals surface area (Å²) in [7, 11) is 1.86. The number of aliphatic hydroxyl groups excluding tert-OH is 1. The van der Waals surface area contributed by atoms with Crippen LogP contribution in [-0.4, -0.2) is 35.6 Å². The van der Waals surface area contributed by atoms with Crippen molar-refractivity contribution in [1.29, 1.82) is 0 Å². The lowest BCUT2D eigenvalue weighted by molar-refractivity contribution is 0.0735. The molecule has 0 unspecified atom stereocenters. The Kier molecular flexibility index (Phi) is 5.67. The van der Waals surface area contributed by atoms with E-state index in [4.69, 9.17) is 16.7 Å². The molecule has 3 nitrogen and oxygen atoms in total. The molecule has 1 aliphatic rings. The average Bonchev–Trinajstić information content (AvgIpc) is 3.02. The molecular weight excluding hydrogens is 286 g/mol. The Morgan fingerprint density at radius 2 is 2.14 bits per heavy atom. The fraction of sp³-hybridized carbons (Fsp3) is 0.471. The number of aliphatic hydroxyl groups is 1. The van der Waals surface area contributed by atoms with Crippen LogP contribution in [-0.2, 0) is 0 Å². The fourth-order valence-electron chi connectivity index (χ4n) is 2.62. The minimum absolute atomic E-state index is 0.0127. The van der Waals surface area contributed by atoms with Gasteiger partial charge in [-0.1, -0.05) is 36.3 Å². The molecule has 112 valence electrons. The molecule has 0 heterocycles. The summed E-state index contributed by atoms with van der Waals surface area (Å²) in [5, 5.41) is 9.19. The molecule has 0 aromatic heterocycles. The molecule has 21 heavy (non-hydrogen) atoms. The number of halogens is 1. The van der Waals surface area contributed by atoms with Crippen molar-refractivity contribution < 1.29 is 9.90 Å². The molecular formula is C17H20ClNO2. The van der Waals surface area contributed by atoms with Crippen LogP contribution < -0.4 is 0 Å². The highest BCUT2D eigenvalue weighted by Crippen LogP contribution is 2.25. The second kappa shape index (κ2) is 7.49. The summed E-state index contributed by atoms with van der Waals surface area (Å²) in [5.41, 5.74) is 1.28. The van der Waals surface area contributed by atoms with Crippen molar-refractivity contribution in [3.63, 3.8) is 0 Å². The summed E-state index contributed by atoms with van der Waals surface area (Å²) in [6.07, 6.45) is 4.98. The first kappa shape index (κ1) is 15.9. The van der Waals surface area contributed by atoms with E-state index in [1.165, 1.54) is 12.8 Å². The maximum absolute atomic E-state index is 12.5. The second-order valence-corrected chi connectivity index (χ2v) is 5.73. The molecule has 1 fully saturated rings. The Balaban J connectivity index is 2.12. The smallest absolute Gasteiger partial charge is 0.253 e. The molecule has 1 aromatic carbocycles. The number of nitrogens with zero attached hydrogens (tertiary/aromatic N) is 1. The lowest BCUT2D eigenvalue weighted by Gasteiger charge is -2.24. The molecule has 1 amide bonds. The number of benzene rings is 1. The van der Waals surface area contributed by atoms with Gasteiger partial charge in [0.1, 0.15) is 0 Å². The third-order valence-corrected chi connectivity index (χ3v) is 4.18. The number of carbonyl (C=O) groups is 1. The lowest BCUT2D eigenvalue weighted by Crippen LogP contribution is -2.35. The number of rotatable bonds is 3. The highest BCUT2D eigenvalue weighted by molar-refractivity contribution is 6.32. The Bertz CT molecular complexity index is 568. The number of hydrogen-bond donors (Lipinski definition) is 1. The van der Waals surface area contributed by atoms with Crippen LogP contribution in [0.3, 0.4) is 0 Å². The second-order valence-electron chi connectivity index (χ2n) is 5.32. The molecule has 1 N–H and O–H groups in total. The van der Waals surface area contributed by atoms with Crippen LogP contribution in [0.15, 0.2) is 18.2 Å². The van der Waals surface area contributed by atoms with Crippen molar-refractivity contribution in [2.45, 2.75) is 38.1 Å². The molecule has 4 heteroatoms. The minimum atomic E-state index is 0.0127. The zero-order valence-electron chi connectivity index (χ0n) is 12.2. The summed E-state index contributed by atoms with van der Waals surface area (Å²) in [6, 6.07) is 5.56. The van der Waals surface area contributed by atoms with Gasteiger partial charge in [-0.3, -0.25) is 4.79 Å². The molecule has 1 aliphatic carbocycles. The Morgan fingerprint density at radius 3 is 2.76 bits per heavy atom. The zero-order valence-corrected chi connectivity index (χ0v) is 13.0. The van der Waals surface area contributed by atoms with Gasteiger partial charge >= 0.3 is 0 Å². The predicted molar refractivity (Wildman–Crippen MR) is 84.4 cm³/mol. The maximum atomic E-state index is 12.5. The maximum Gasteiger partial charge on any atom is 0.253 e. The monoisotopic (exact) mass is 305 g/mol. The summed E-state index contributed by atoms with van der Waals surface area (Å²) in [6.45, 7) is 0.0351. The van der Waals surface area contributed by atoms with E-state index < -0.39 is 0 Å². The van der Waals surface area contributed by atoms with Gasteiger partial charge in [0.2, 0.25) is 0 Å². The molecule has 1 aromatic rings. The molecule has 0 spiro atoms. The first-order valence-electron chi connectivity index (χ1n) is 7.30. The Labute approximate surface area is 130 Å². The molecule has 0 aliphatic heterocycles. The normalized spacial score (nSPS) is 14.6. The van der Waals surface area contributed by atoms with Crippen molar-refractivity contribution in [3.05, 3.63) is 34.3 Å². The van der Waals surface area contributed by atoms with Crippen molar-refractivity contribution in [2.75, 3.05) is 13.7 Å². The van der Waals surface area contributed by atoms with Gasteiger partial charge in [0.05, 0.1) is 11.6 Å². The summed E-state index contributed by atoms with van der Waals surface area (Å²) < 4.78 is 0. The summed E-state index contributed by atoms with van der Waals surface area (Å²) in [4.78, 5) is 14.3. The zero-order chi connectivity index (χ0) is 15.2. The minimum Gasteiger partial charge on any atom is -0.395 e. The lowest BCUT2D eigenvalue weighted by atomic mass is 10.1.